The summed E-state index contributed by atoms with van der Waals surface area (Å²) in [6.07, 6.45) is 2.78. The highest BCUT2D eigenvalue weighted by atomic mass is 16.3. The van der Waals surface area contributed by atoms with Crippen LogP contribution in [0.1, 0.15) is 15.9 Å². The average Bonchev–Trinajstić information content (AvgIpc) is 3.26. The van der Waals surface area contributed by atoms with Gasteiger partial charge in [-0.15, -0.1) is 0 Å². The van der Waals surface area contributed by atoms with Gasteiger partial charge in [0.05, 0.1) is 17.5 Å². The fraction of sp³-hybridized carbons (Fsp3) is 0. The minimum atomic E-state index is -0.661. The molecule has 0 atom stereocenters. The number of benzene rings is 3. The number of para-hydroxylation sites is 1. The first kappa shape index (κ1) is 19.7. The van der Waals surface area contributed by atoms with Crippen LogP contribution in [0.15, 0.2) is 84.1 Å². The van der Waals surface area contributed by atoms with Crippen molar-refractivity contribution in [1.29, 1.82) is 0 Å². The largest absolute Gasteiger partial charge is 0.504 e. The van der Waals surface area contributed by atoms with Crippen LogP contribution in [-0.2, 0) is 0 Å². The van der Waals surface area contributed by atoms with Gasteiger partial charge in [-0.05, 0) is 24.3 Å². The van der Waals surface area contributed by atoms with Crippen molar-refractivity contribution >= 4 is 12.1 Å². The topological polar surface area (TPSA) is 120 Å². The van der Waals surface area contributed by atoms with Gasteiger partial charge in [0, 0.05) is 17.3 Å². The second-order valence-corrected chi connectivity index (χ2v) is 6.61. The minimum absolute atomic E-state index is 0.124. The molecule has 1 aromatic heterocycles. The predicted octanol–water partition coefficient (Wildman–Crippen LogP) is 3.42. The second-order valence-electron chi connectivity index (χ2n) is 6.61. The van der Waals surface area contributed by atoms with Gasteiger partial charge >= 0.3 is 0 Å². The standard InChI is InChI=1S/C23H18N4O4/c28-19-12-11-16(21(29)22(19)30)13-24-25-23(31)18-14-27(17-9-5-2-6-10-17)26-20(18)15-7-3-1-4-8-15/h1-14,28-30H,(H,25,31). The maximum Gasteiger partial charge on any atom is 0.275 e. The zero-order valence-corrected chi connectivity index (χ0v) is 16.2. The number of hydrogen-bond donors (Lipinski definition) is 4. The Balaban J connectivity index is 1.64. The van der Waals surface area contributed by atoms with Gasteiger partial charge in [-0.2, -0.15) is 10.2 Å². The Morgan fingerprint density at radius 3 is 2.29 bits per heavy atom. The van der Waals surface area contributed by atoms with Gasteiger partial charge in [0.15, 0.2) is 11.5 Å². The van der Waals surface area contributed by atoms with E-state index in [1.165, 1.54) is 12.1 Å². The van der Waals surface area contributed by atoms with E-state index in [-0.39, 0.29) is 5.56 Å². The predicted molar refractivity (Wildman–Crippen MR) is 115 cm³/mol. The number of rotatable bonds is 5. The summed E-state index contributed by atoms with van der Waals surface area (Å²) in [7, 11) is 0. The number of nitrogens with zero attached hydrogens (tertiary/aromatic N) is 3. The molecule has 1 heterocycles. The number of phenols is 3. The van der Waals surface area contributed by atoms with Gasteiger partial charge in [0.1, 0.15) is 5.69 Å². The summed E-state index contributed by atoms with van der Waals surface area (Å²) >= 11 is 0. The van der Waals surface area contributed by atoms with E-state index in [9.17, 15) is 20.1 Å². The molecule has 0 unspecified atom stereocenters. The molecule has 0 fully saturated rings. The maximum atomic E-state index is 12.8. The normalized spacial score (nSPS) is 11.0. The summed E-state index contributed by atoms with van der Waals surface area (Å²) < 4.78 is 1.62. The average molecular weight is 414 g/mol. The van der Waals surface area contributed by atoms with Crippen molar-refractivity contribution in [2.45, 2.75) is 0 Å². The molecule has 4 N–H and O–H groups in total. The van der Waals surface area contributed by atoms with Crippen molar-refractivity contribution < 1.29 is 20.1 Å². The fourth-order valence-electron chi connectivity index (χ4n) is 2.97. The monoisotopic (exact) mass is 414 g/mol. The molecule has 3 aromatic carbocycles. The van der Waals surface area contributed by atoms with E-state index in [4.69, 9.17) is 0 Å². The summed E-state index contributed by atoms with van der Waals surface area (Å²) in [4.78, 5) is 12.8. The quantitative estimate of drug-likeness (QED) is 0.227. The third kappa shape index (κ3) is 4.08. The highest BCUT2D eigenvalue weighted by Gasteiger charge is 2.18. The molecule has 4 aromatic rings. The number of carbonyl (C=O) groups is 1. The van der Waals surface area contributed by atoms with Crippen molar-refractivity contribution in [3.63, 3.8) is 0 Å². The molecule has 0 radical (unpaired) electrons. The molecular weight excluding hydrogens is 396 g/mol. The molecule has 8 nitrogen and oxygen atoms in total. The zero-order valence-electron chi connectivity index (χ0n) is 16.2. The SMILES string of the molecule is O=C(NN=Cc1ccc(O)c(O)c1O)c1cn(-c2ccccc2)nc1-c1ccccc1. The van der Waals surface area contributed by atoms with Crippen molar-refractivity contribution in [1.82, 2.24) is 15.2 Å². The Kier molecular flexibility index (Phi) is 5.35. The van der Waals surface area contributed by atoms with E-state index >= 15 is 0 Å². The molecule has 4 rings (SSSR count). The molecule has 0 bridgehead atoms. The summed E-state index contributed by atoms with van der Waals surface area (Å²) in [5.41, 5.74) is 4.90. The number of hydrogen-bond acceptors (Lipinski definition) is 6. The molecule has 0 aliphatic carbocycles. The lowest BCUT2D eigenvalue weighted by molar-refractivity contribution is 0.0955. The van der Waals surface area contributed by atoms with E-state index in [1.807, 2.05) is 60.7 Å². The minimum Gasteiger partial charge on any atom is -0.504 e. The molecule has 1 amide bonds. The van der Waals surface area contributed by atoms with E-state index < -0.39 is 23.2 Å². The van der Waals surface area contributed by atoms with Crippen LogP contribution in [0, 0.1) is 0 Å². The maximum absolute atomic E-state index is 12.8. The Hall–Kier alpha value is -4.59. The summed E-state index contributed by atoms with van der Waals surface area (Å²) in [5, 5.41) is 37.3. The van der Waals surface area contributed by atoms with Gasteiger partial charge in [0.2, 0.25) is 5.75 Å². The molecule has 31 heavy (non-hydrogen) atoms. The first-order valence-corrected chi connectivity index (χ1v) is 9.32. The molecule has 0 spiro atoms. The first-order chi connectivity index (χ1) is 15.0. The van der Waals surface area contributed by atoms with Crippen molar-refractivity contribution in [2.75, 3.05) is 0 Å². The molecule has 0 saturated carbocycles. The molecule has 154 valence electrons. The lowest BCUT2D eigenvalue weighted by Gasteiger charge is -2.04. The Labute approximate surface area is 177 Å². The van der Waals surface area contributed by atoms with Crippen molar-refractivity contribution in [3.05, 3.63) is 90.1 Å². The van der Waals surface area contributed by atoms with Gasteiger partial charge in [-0.25, -0.2) is 10.1 Å². The Morgan fingerprint density at radius 1 is 0.903 bits per heavy atom. The van der Waals surface area contributed by atoms with Crippen LogP contribution < -0.4 is 5.43 Å². The highest BCUT2D eigenvalue weighted by molar-refractivity contribution is 6.00. The number of aromatic nitrogens is 2. The Bertz CT molecular complexity index is 1250. The van der Waals surface area contributed by atoms with Crippen LogP contribution in [0.5, 0.6) is 17.2 Å². The van der Waals surface area contributed by atoms with Crippen molar-refractivity contribution in [2.24, 2.45) is 5.10 Å². The first-order valence-electron chi connectivity index (χ1n) is 9.32. The van der Waals surface area contributed by atoms with Gasteiger partial charge in [-0.3, -0.25) is 4.79 Å². The van der Waals surface area contributed by atoms with Gasteiger partial charge in [0.25, 0.3) is 5.91 Å². The van der Waals surface area contributed by atoms with E-state index in [0.717, 1.165) is 17.5 Å². The third-order valence-corrected chi connectivity index (χ3v) is 4.56. The van der Waals surface area contributed by atoms with Crippen molar-refractivity contribution in [3.8, 4) is 34.2 Å². The zero-order chi connectivity index (χ0) is 21.8. The number of nitrogens with one attached hydrogen (secondary N) is 1. The third-order valence-electron chi connectivity index (χ3n) is 4.56. The van der Waals surface area contributed by atoms with E-state index in [2.05, 4.69) is 15.6 Å². The van der Waals surface area contributed by atoms with Crippen LogP contribution in [0.3, 0.4) is 0 Å². The number of hydrazone groups is 1. The van der Waals surface area contributed by atoms with E-state index in [0.29, 0.717) is 11.3 Å². The molecular formula is C23H18N4O4. The van der Waals surface area contributed by atoms with Crippen LogP contribution in [0.4, 0.5) is 0 Å². The summed E-state index contributed by atoms with van der Waals surface area (Å²) in [5.74, 6) is -2.16. The van der Waals surface area contributed by atoms with Crippen LogP contribution in [0.25, 0.3) is 16.9 Å². The number of aromatic hydroxyl groups is 3. The lowest BCUT2D eigenvalue weighted by Crippen LogP contribution is -2.18. The summed E-state index contributed by atoms with van der Waals surface area (Å²) in [6, 6.07) is 21.3. The van der Waals surface area contributed by atoms with Gasteiger partial charge in [-0.1, -0.05) is 48.5 Å². The number of amides is 1. The summed E-state index contributed by atoms with van der Waals surface area (Å²) in [6.45, 7) is 0. The lowest BCUT2D eigenvalue weighted by atomic mass is 10.1. The molecule has 0 saturated heterocycles. The second kappa shape index (κ2) is 8.42. The smallest absolute Gasteiger partial charge is 0.275 e. The highest BCUT2D eigenvalue weighted by Crippen LogP contribution is 2.36. The van der Waals surface area contributed by atoms with Crippen LogP contribution in [0.2, 0.25) is 0 Å². The Morgan fingerprint density at radius 2 is 1.58 bits per heavy atom. The van der Waals surface area contributed by atoms with E-state index in [1.54, 1.807) is 10.9 Å². The van der Waals surface area contributed by atoms with Crippen LogP contribution >= 0.6 is 0 Å². The van der Waals surface area contributed by atoms with Crippen LogP contribution in [-0.4, -0.2) is 37.2 Å². The number of phenolic OH excluding ortho intramolecular Hbond substituents is 3. The van der Waals surface area contributed by atoms with Gasteiger partial charge < -0.3 is 15.3 Å². The fourth-order valence-corrected chi connectivity index (χ4v) is 2.97. The molecule has 0 aliphatic rings. The molecule has 8 heteroatoms. The molecule has 0 aliphatic heterocycles. The number of carbonyl (C=O) groups excluding carboxylic acids is 1.